The van der Waals surface area contributed by atoms with Crippen molar-refractivity contribution in [3.05, 3.63) is 0 Å². The van der Waals surface area contributed by atoms with E-state index < -0.39 is 18.2 Å². The predicted molar refractivity (Wildman–Crippen MR) is 63.0 cm³/mol. The van der Waals surface area contributed by atoms with Gasteiger partial charge in [-0.1, -0.05) is 45.3 Å². The van der Waals surface area contributed by atoms with Crippen LogP contribution in [0.3, 0.4) is 0 Å². The molecule has 0 aromatic heterocycles. The molecule has 86 valence electrons. The molecule has 3 nitrogen and oxygen atoms in total. The molecule has 0 bridgehead atoms. The van der Waals surface area contributed by atoms with Crippen LogP contribution in [-0.4, -0.2) is 27.3 Å². The summed E-state index contributed by atoms with van der Waals surface area (Å²) in [6.45, 7) is 7.53. The molecule has 0 amide bonds. The molecular formula is C9H22O3SSi. The highest BCUT2D eigenvalue weighted by atomic mass is 32.2. The van der Waals surface area contributed by atoms with Crippen LogP contribution < -0.4 is 0 Å². The maximum atomic E-state index is 9.19. The molecule has 0 aromatic rings. The lowest BCUT2D eigenvalue weighted by Gasteiger charge is -2.34. The Kier molecular flexibility index (Phi) is 5.32. The van der Waals surface area contributed by atoms with Crippen molar-refractivity contribution < 1.29 is 13.0 Å². The molecule has 1 saturated heterocycles. The first-order chi connectivity index (χ1) is 6.13. The smallest absolute Gasteiger partial charge is 0.261 e. The monoisotopic (exact) mass is 238 g/mol. The Morgan fingerprint density at radius 2 is 1.71 bits per heavy atom. The normalized spacial score (nSPS) is 26.2. The average Bonchev–Trinajstić information content (AvgIpc) is 1.92. The van der Waals surface area contributed by atoms with Crippen LogP contribution in [0.1, 0.15) is 26.2 Å². The number of hydrogen-bond acceptors (Lipinski definition) is 2. The zero-order valence-corrected chi connectivity index (χ0v) is 11.4. The van der Waals surface area contributed by atoms with Gasteiger partial charge in [-0.25, -0.2) is 0 Å². The number of rotatable bonds is 0. The van der Waals surface area contributed by atoms with Crippen molar-refractivity contribution in [2.45, 2.75) is 50.9 Å². The van der Waals surface area contributed by atoms with Gasteiger partial charge in [0.25, 0.3) is 10.1 Å². The third kappa shape index (κ3) is 7.52. The van der Waals surface area contributed by atoms with Crippen LogP contribution in [0.5, 0.6) is 0 Å². The SMILES string of the molecule is CC1CCCC[Si]1(C)C.CS(=O)(=O)O. The summed E-state index contributed by atoms with van der Waals surface area (Å²) in [5, 5.41) is 0. The van der Waals surface area contributed by atoms with Gasteiger partial charge in [0.2, 0.25) is 0 Å². The van der Waals surface area contributed by atoms with Gasteiger partial charge in [0, 0.05) is 0 Å². The topological polar surface area (TPSA) is 54.4 Å². The lowest BCUT2D eigenvalue weighted by atomic mass is 10.2. The lowest BCUT2D eigenvalue weighted by molar-refractivity contribution is 0.490. The van der Waals surface area contributed by atoms with Crippen molar-refractivity contribution in [2.24, 2.45) is 0 Å². The predicted octanol–water partition coefficient (Wildman–Crippen LogP) is 2.77. The van der Waals surface area contributed by atoms with Gasteiger partial charge in [-0.2, -0.15) is 8.42 Å². The van der Waals surface area contributed by atoms with E-state index >= 15 is 0 Å². The van der Waals surface area contributed by atoms with E-state index in [1.54, 1.807) is 6.04 Å². The fourth-order valence-electron chi connectivity index (χ4n) is 1.67. The van der Waals surface area contributed by atoms with Gasteiger partial charge in [-0.15, -0.1) is 0 Å². The molecule has 1 heterocycles. The molecule has 1 N–H and O–H groups in total. The van der Waals surface area contributed by atoms with Gasteiger partial charge >= 0.3 is 0 Å². The first-order valence-corrected chi connectivity index (χ1v) is 10.2. The van der Waals surface area contributed by atoms with Gasteiger partial charge in [-0.3, -0.25) is 4.55 Å². The third-order valence-electron chi connectivity index (χ3n) is 3.04. The largest absolute Gasteiger partial charge is 0.286 e. The van der Waals surface area contributed by atoms with E-state index in [2.05, 4.69) is 20.0 Å². The minimum atomic E-state index is -3.67. The van der Waals surface area contributed by atoms with Gasteiger partial charge in [0.15, 0.2) is 0 Å². The van der Waals surface area contributed by atoms with E-state index in [0.29, 0.717) is 6.26 Å². The van der Waals surface area contributed by atoms with E-state index in [-0.39, 0.29) is 0 Å². The Bertz CT molecular complexity index is 251. The minimum absolute atomic E-state index is 0.694. The fourth-order valence-corrected chi connectivity index (χ4v) is 4.31. The highest BCUT2D eigenvalue weighted by Crippen LogP contribution is 2.36. The molecule has 1 fully saturated rings. The Morgan fingerprint density at radius 1 is 1.29 bits per heavy atom. The van der Waals surface area contributed by atoms with Crippen molar-refractivity contribution in [3.63, 3.8) is 0 Å². The van der Waals surface area contributed by atoms with Crippen LogP contribution in [-0.2, 0) is 10.1 Å². The van der Waals surface area contributed by atoms with E-state index in [9.17, 15) is 8.42 Å². The summed E-state index contributed by atoms with van der Waals surface area (Å²) in [5.74, 6) is 0. The van der Waals surface area contributed by atoms with Crippen molar-refractivity contribution in [2.75, 3.05) is 6.26 Å². The Hall–Kier alpha value is 0.127. The molecule has 1 atom stereocenters. The van der Waals surface area contributed by atoms with Gasteiger partial charge < -0.3 is 0 Å². The lowest BCUT2D eigenvalue weighted by Crippen LogP contribution is -2.33. The molecule has 0 aromatic carbocycles. The van der Waals surface area contributed by atoms with E-state index in [0.717, 1.165) is 5.54 Å². The van der Waals surface area contributed by atoms with Crippen molar-refractivity contribution >= 4 is 18.2 Å². The van der Waals surface area contributed by atoms with Crippen molar-refractivity contribution in [1.82, 2.24) is 0 Å². The maximum absolute atomic E-state index is 9.19. The number of hydrogen-bond donors (Lipinski definition) is 1. The van der Waals surface area contributed by atoms with Crippen LogP contribution in [0, 0.1) is 0 Å². The van der Waals surface area contributed by atoms with Crippen LogP contribution in [0.15, 0.2) is 0 Å². The van der Waals surface area contributed by atoms with Crippen LogP contribution in [0.25, 0.3) is 0 Å². The molecule has 5 heteroatoms. The summed E-state index contributed by atoms with van der Waals surface area (Å²) in [4.78, 5) is 0. The van der Waals surface area contributed by atoms with Crippen LogP contribution >= 0.6 is 0 Å². The zero-order chi connectivity index (χ0) is 11.4. The van der Waals surface area contributed by atoms with E-state index in [4.69, 9.17) is 4.55 Å². The molecule has 1 unspecified atom stereocenters. The molecule has 14 heavy (non-hydrogen) atoms. The molecule has 1 aliphatic heterocycles. The molecule has 1 aliphatic rings. The second kappa shape index (κ2) is 5.28. The van der Waals surface area contributed by atoms with Crippen LogP contribution in [0.2, 0.25) is 24.7 Å². The Labute approximate surface area is 88.7 Å². The highest BCUT2D eigenvalue weighted by Gasteiger charge is 2.30. The highest BCUT2D eigenvalue weighted by molar-refractivity contribution is 7.85. The average molecular weight is 238 g/mol. The molecule has 0 radical (unpaired) electrons. The summed E-state index contributed by atoms with van der Waals surface area (Å²) in [5.41, 5.74) is 1.09. The molecule has 1 rings (SSSR count). The minimum Gasteiger partial charge on any atom is -0.286 e. The first kappa shape index (κ1) is 14.1. The summed E-state index contributed by atoms with van der Waals surface area (Å²) in [6, 6.07) is 1.58. The molecule has 0 saturated carbocycles. The summed E-state index contributed by atoms with van der Waals surface area (Å²) >= 11 is 0. The van der Waals surface area contributed by atoms with Gasteiger partial charge in [0.1, 0.15) is 0 Å². The summed E-state index contributed by atoms with van der Waals surface area (Å²) in [6.07, 6.45) is 5.24. The zero-order valence-electron chi connectivity index (χ0n) is 9.58. The fraction of sp³-hybridized carbons (Fsp3) is 1.00. The molecular weight excluding hydrogens is 216 g/mol. The summed E-state index contributed by atoms with van der Waals surface area (Å²) < 4.78 is 25.9. The second-order valence-electron chi connectivity index (χ2n) is 4.87. The summed E-state index contributed by atoms with van der Waals surface area (Å²) in [7, 11) is -4.36. The maximum Gasteiger partial charge on any atom is 0.261 e. The Morgan fingerprint density at radius 3 is 1.93 bits per heavy atom. The van der Waals surface area contributed by atoms with E-state index in [1.807, 2.05) is 0 Å². The van der Waals surface area contributed by atoms with Crippen molar-refractivity contribution in [3.8, 4) is 0 Å². The first-order valence-electron chi connectivity index (χ1n) is 5.05. The van der Waals surface area contributed by atoms with E-state index in [1.165, 1.54) is 19.3 Å². The quantitative estimate of drug-likeness (QED) is 0.521. The second-order valence-corrected chi connectivity index (χ2v) is 11.8. The molecule has 0 spiro atoms. The standard InChI is InChI=1S/C8H18Si.CH4O3S/c1-8-6-4-5-7-9(8,2)3;1-5(2,3)4/h8H,4-7H2,1-3H3;1H3,(H,2,3,4). The van der Waals surface area contributed by atoms with Crippen LogP contribution in [0.4, 0.5) is 0 Å². The van der Waals surface area contributed by atoms with Gasteiger partial charge in [0.05, 0.1) is 14.3 Å². The third-order valence-corrected chi connectivity index (χ3v) is 7.64. The van der Waals surface area contributed by atoms with Crippen molar-refractivity contribution in [1.29, 1.82) is 0 Å². The molecule has 0 aliphatic carbocycles. The Balaban J connectivity index is 0.000000292. The van der Waals surface area contributed by atoms with Gasteiger partial charge in [-0.05, 0) is 5.54 Å².